The quantitative estimate of drug-likeness (QED) is 0.942. The Labute approximate surface area is 111 Å². The molecule has 0 aliphatic rings. The van der Waals surface area contributed by atoms with Crippen molar-refractivity contribution in [2.75, 3.05) is 0 Å². The van der Waals surface area contributed by atoms with Crippen molar-refractivity contribution in [3.8, 4) is 11.5 Å². The minimum absolute atomic E-state index is 0.0932. The summed E-state index contributed by atoms with van der Waals surface area (Å²) in [5.41, 5.74) is 0.728. The third kappa shape index (κ3) is 2.15. The lowest BCUT2D eigenvalue weighted by atomic mass is 10.2. The number of aromatic carboxylic acids is 1. The highest BCUT2D eigenvalue weighted by Gasteiger charge is 2.20. The van der Waals surface area contributed by atoms with Crippen LogP contribution in [-0.4, -0.2) is 16.1 Å². The van der Waals surface area contributed by atoms with Gasteiger partial charge in [0.2, 0.25) is 11.7 Å². The van der Waals surface area contributed by atoms with E-state index in [2.05, 4.69) is 20.9 Å². The Hall–Kier alpha value is -1.69. The van der Waals surface area contributed by atoms with Crippen molar-refractivity contribution >= 4 is 21.9 Å². The predicted molar refractivity (Wildman–Crippen MR) is 65.9 cm³/mol. The maximum Gasteiger partial charge on any atom is 0.373 e. The van der Waals surface area contributed by atoms with Crippen LogP contribution in [0.3, 0.4) is 0 Å². The number of aryl methyl sites for hydroxylation is 1. The van der Waals surface area contributed by atoms with E-state index in [1.54, 1.807) is 13.0 Å². The minimum atomic E-state index is -1.18. The first-order chi connectivity index (χ1) is 8.54. The standard InChI is InChI=1S/C12H9BrFNO3/c1-2-8-10(12(16)17)18-11(15-8)6-4-3-5-7(14)9(6)13/h3-5H,2H2,1H3,(H,16,17). The number of benzene rings is 1. The Balaban J connectivity index is 2.58. The molecule has 0 aliphatic carbocycles. The Morgan fingerprint density at radius 1 is 1.56 bits per heavy atom. The van der Waals surface area contributed by atoms with Crippen molar-refractivity contribution in [3.63, 3.8) is 0 Å². The highest BCUT2D eigenvalue weighted by Crippen LogP contribution is 2.31. The molecule has 4 nitrogen and oxygen atoms in total. The van der Waals surface area contributed by atoms with Gasteiger partial charge in [0.1, 0.15) is 5.82 Å². The number of carboxylic acids is 1. The molecular weight excluding hydrogens is 305 g/mol. The lowest BCUT2D eigenvalue weighted by molar-refractivity contribution is 0.0662. The van der Waals surface area contributed by atoms with Gasteiger partial charge in [-0.3, -0.25) is 0 Å². The first-order valence-electron chi connectivity index (χ1n) is 5.22. The van der Waals surface area contributed by atoms with E-state index in [-0.39, 0.29) is 16.1 Å². The van der Waals surface area contributed by atoms with Gasteiger partial charge in [-0.15, -0.1) is 0 Å². The fraction of sp³-hybridized carbons (Fsp3) is 0.167. The number of oxazole rings is 1. The van der Waals surface area contributed by atoms with E-state index in [0.29, 0.717) is 17.7 Å². The zero-order valence-electron chi connectivity index (χ0n) is 9.41. The molecule has 2 rings (SSSR count). The summed E-state index contributed by atoms with van der Waals surface area (Å²) < 4.78 is 18.8. The lowest BCUT2D eigenvalue weighted by Crippen LogP contribution is -1.98. The monoisotopic (exact) mass is 313 g/mol. The molecule has 1 aromatic carbocycles. The Morgan fingerprint density at radius 2 is 2.28 bits per heavy atom. The first kappa shape index (κ1) is 12.8. The Bertz CT molecular complexity index is 609. The molecule has 0 aliphatic heterocycles. The molecule has 0 saturated carbocycles. The van der Waals surface area contributed by atoms with Crippen LogP contribution in [0.25, 0.3) is 11.5 Å². The zero-order valence-corrected chi connectivity index (χ0v) is 11.0. The van der Waals surface area contributed by atoms with Gasteiger partial charge in [-0.25, -0.2) is 14.2 Å². The molecule has 0 saturated heterocycles. The topological polar surface area (TPSA) is 63.3 Å². The molecule has 1 aromatic heterocycles. The van der Waals surface area contributed by atoms with Gasteiger partial charge < -0.3 is 9.52 Å². The van der Waals surface area contributed by atoms with Gasteiger partial charge in [0, 0.05) is 0 Å². The largest absolute Gasteiger partial charge is 0.475 e. The van der Waals surface area contributed by atoms with E-state index in [1.165, 1.54) is 12.1 Å². The third-order valence-corrected chi connectivity index (χ3v) is 3.21. The fourth-order valence-corrected chi connectivity index (χ4v) is 1.98. The van der Waals surface area contributed by atoms with Crippen molar-refractivity contribution < 1.29 is 18.7 Å². The van der Waals surface area contributed by atoms with E-state index in [4.69, 9.17) is 9.52 Å². The van der Waals surface area contributed by atoms with Gasteiger partial charge in [-0.1, -0.05) is 13.0 Å². The van der Waals surface area contributed by atoms with Crippen LogP contribution < -0.4 is 0 Å². The molecule has 0 bridgehead atoms. The van der Waals surface area contributed by atoms with Crippen molar-refractivity contribution in [2.45, 2.75) is 13.3 Å². The van der Waals surface area contributed by atoms with Crippen LogP contribution >= 0.6 is 15.9 Å². The average Bonchev–Trinajstić information content (AvgIpc) is 2.76. The van der Waals surface area contributed by atoms with Gasteiger partial charge in [0.15, 0.2) is 0 Å². The molecule has 0 unspecified atom stereocenters. The number of nitrogens with zero attached hydrogens (tertiary/aromatic N) is 1. The summed E-state index contributed by atoms with van der Waals surface area (Å²) in [6.07, 6.45) is 0.429. The highest BCUT2D eigenvalue weighted by molar-refractivity contribution is 9.10. The summed E-state index contributed by atoms with van der Waals surface area (Å²) >= 11 is 3.09. The molecule has 0 spiro atoms. The third-order valence-electron chi connectivity index (χ3n) is 2.41. The fourth-order valence-electron chi connectivity index (χ4n) is 1.54. The van der Waals surface area contributed by atoms with Gasteiger partial charge in [-0.2, -0.15) is 0 Å². The summed E-state index contributed by atoms with van der Waals surface area (Å²) in [5, 5.41) is 8.96. The maximum absolute atomic E-state index is 13.4. The highest BCUT2D eigenvalue weighted by atomic mass is 79.9. The van der Waals surface area contributed by atoms with Crippen molar-refractivity contribution in [1.82, 2.24) is 4.98 Å². The molecule has 0 amide bonds. The summed E-state index contributed by atoms with van der Waals surface area (Å²) in [6.45, 7) is 1.77. The van der Waals surface area contributed by atoms with E-state index in [0.717, 1.165) is 0 Å². The molecular formula is C12H9BrFNO3. The number of aromatic nitrogens is 1. The van der Waals surface area contributed by atoms with Gasteiger partial charge >= 0.3 is 5.97 Å². The molecule has 1 N–H and O–H groups in total. The first-order valence-corrected chi connectivity index (χ1v) is 6.01. The van der Waals surface area contributed by atoms with Crippen LogP contribution in [0, 0.1) is 5.82 Å². The normalized spacial score (nSPS) is 10.6. The smallest absolute Gasteiger partial charge is 0.373 e. The molecule has 1 heterocycles. The van der Waals surface area contributed by atoms with Crippen molar-refractivity contribution in [3.05, 3.63) is 39.9 Å². The van der Waals surface area contributed by atoms with Crippen LogP contribution in [0.5, 0.6) is 0 Å². The minimum Gasteiger partial charge on any atom is -0.475 e. The Morgan fingerprint density at radius 3 is 2.83 bits per heavy atom. The van der Waals surface area contributed by atoms with Crippen molar-refractivity contribution in [2.24, 2.45) is 0 Å². The average molecular weight is 314 g/mol. The molecule has 0 fully saturated rings. The number of carboxylic acid groups (broad SMARTS) is 1. The summed E-state index contributed by atoms with van der Waals surface area (Å²) in [7, 11) is 0. The lowest BCUT2D eigenvalue weighted by Gasteiger charge is -1.99. The second-order valence-electron chi connectivity index (χ2n) is 3.55. The Kier molecular flexibility index (Phi) is 3.47. The maximum atomic E-state index is 13.4. The van der Waals surface area contributed by atoms with Crippen LogP contribution in [0.1, 0.15) is 23.2 Å². The molecule has 0 radical (unpaired) electrons. The van der Waals surface area contributed by atoms with E-state index >= 15 is 0 Å². The van der Waals surface area contributed by atoms with Crippen LogP contribution in [0.2, 0.25) is 0 Å². The molecule has 18 heavy (non-hydrogen) atoms. The summed E-state index contributed by atoms with van der Waals surface area (Å²) in [5.74, 6) is -1.75. The molecule has 2 aromatic rings. The van der Waals surface area contributed by atoms with Crippen molar-refractivity contribution in [1.29, 1.82) is 0 Å². The SMILES string of the molecule is CCc1nc(-c2cccc(F)c2Br)oc1C(=O)O. The van der Waals surface area contributed by atoms with Crippen LogP contribution in [0.4, 0.5) is 4.39 Å². The zero-order chi connectivity index (χ0) is 13.3. The van der Waals surface area contributed by atoms with E-state index in [1.807, 2.05) is 0 Å². The van der Waals surface area contributed by atoms with E-state index in [9.17, 15) is 9.18 Å². The predicted octanol–water partition coefficient (Wildman–Crippen LogP) is 3.50. The van der Waals surface area contributed by atoms with Crippen LogP contribution in [0.15, 0.2) is 27.1 Å². The van der Waals surface area contributed by atoms with Gasteiger partial charge in [0.25, 0.3) is 0 Å². The number of rotatable bonds is 3. The second kappa shape index (κ2) is 4.89. The summed E-state index contributed by atoms with van der Waals surface area (Å²) in [6, 6.07) is 4.39. The number of hydrogen-bond acceptors (Lipinski definition) is 3. The second-order valence-corrected chi connectivity index (χ2v) is 4.35. The molecule has 0 atom stereocenters. The van der Waals surface area contributed by atoms with Gasteiger partial charge in [0.05, 0.1) is 15.7 Å². The number of hydrogen-bond donors (Lipinski definition) is 1. The van der Waals surface area contributed by atoms with Gasteiger partial charge in [-0.05, 0) is 34.5 Å². The summed E-state index contributed by atoms with van der Waals surface area (Å²) in [4.78, 5) is 15.0. The molecule has 94 valence electrons. The van der Waals surface area contributed by atoms with E-state index < -0.39 is 11.8 Å². The van der Waals surface area contributed by atoms with Crippen LogP contribution in [-0.2, 0) is 6.42 Å². The molecule has 6 heteroatoms. The number of carbonyl (C=O) groups is 1. The number of halogens is 2.